The molecule has 0 spiro atoms. The van der Waals surface area contributed by atoms with E-state index in [0.717, 1.165) is 5.69 Å². The van der Waals surface area contributed by atoms with E-state index in [2.05, 4.69) is 15.5 Å². The van der Waals surface area contributed by atoms with Gasteiger partial charge in [0.15, 0.2) is 5.69 Å². The molecule has 2 aromatic rings. The van der Waals surface area contributed by atoms with Gasteiger partial charge in [0.1, 0.15) is 5.60 Å². The lowest BCUT2D eigenvalue weighted by molar-refractivity contribution is 0.0222. The number of rotatable bonds is 3. The number of nitrogens with two attached hydrogens (primary N) is 1. The molecule has 0 unspecified atom stereocenters. The maximum Gasteiger partial charge on any atom is 0.410 e. The topological polar surface area (TPSA) is 147 Å². The van der Waals surface area contributed by atoms with Crippen LogP contribution in [0.2, 0.25) is 0 Å². The molecule has 1 aliphatic rings. The van der Waals surface area contributed by atoms with Gasteiger partial charge in [-0.2, -0.15) is 5.10 Å². The number of aromatic amines is 1. The van der Waals surface area contributed by atoms with E-state index in [4.69, 9.17) is 9.88 Å². The Labute approximate surface area is 168 Å². The number of fused-ring (bicyclic) bond motifs is 1. The third-order valence-corrected chi connectivity index (χ3v) is 5.17. The number of amides is 2. The maximum absolute atomic E-state index is 12.7. The SMILES string of the molecule is CC(C)(C)OC(=O)N1CCc2[nH]nc(C(=O)Nc3ccc(S(N)(=O)=O)cc3)c2C1. The first-order valence-corrected chi connectivity index (χ1v) is 10.5. The summed E-state index contributed by atoms with van der Waals surface area (Å²) in [6.07, 6.45) is 0.0760. The molecule has 1 aromatic heterocycles. The summed E-state index contributed by atoms with van der Waals surface area (Å²) in [5.74, 6) is -0.475. The number of sulfonamides is 1. The molecule has 2 amide bonds. The van der Waals surface area contributed by atoms with Gasteiger partial charge in [-0.25, -0.2) is 18.4 Å². The fourth-order valence-electron chi connectivity index (χ4n) is 2.88. The van der Waals surface area contributed by atoms with E-state index in [9.17, 15) is 18.0 Å². The predicted molar refractivity (Wildman–Crippen MR) is 105 cm³/mol. The number of carbonyl (C=O) groups excluding carboxylic acids is 2. The summed E-state index contributed by atoms with van der Waals surface area (Å²) in [7, 11) is -3.81. The van der Waals surface area contributed by atoms with E-state index >= 15 is 0 Å². The van der Waals surface area contributed by atoms with Crippen molar-refractivity contribution in [1.82, 2.24) is 15.1 Å². The Hall–Kier alpha value is -2.92. The smallest absolute Gasteiger partial charge is 0.410 e. The van der Waals surface area contributed by atoms with Crippen molar-refractivity contribution in [2.45, 2.75) is 44.2 Å². The molecule has 0 saturated heterocycles. The quantitative estimate of drug-likeness (QED) is 0.686. The largest absolute Gasteiger partial charge is 0.444 e. The van der Waals surface area contributed by atoms with Gasteiger partial charge in [0.05, 0.1) is 11.4 Å². The van der Waals surface area contributed by atoms with Crippen LogP contribution in [0.1, 0.15) is 42.5 Å². The lowest BCUT2D eigenvalue weighted by atomic mass is 10.1. The van der Waals surface area contributed by atoms with Crippen LogP contribution < -0.4 is 10.5 Å². The molecule has 3 rings (SSSR count). The van der Waals surface area contributed by atoms with Gasteiger partial charge in [-0.05, 0) is 45.0 Å². The van der Waals surface area contributed by atoms with Crippen molar-refractivity contribution in [2.75, 3.05) is 11.9 Å². The number of benzene rings is 1. The highest BCUT2D eigenvalue weighted by Crippen LogP contribution is 2.23. The van der Waals surface area contributed by atoms with E-state index in [1.807, 2.05) is 0 Å². The summed E-state index contributed by atoms with van der Waals surface area (Å²) in [4.78, 5) is 26.5. The highest BCUT2D eigenvalue weighted by molar-refractivity contribution is 7.89. The second kappa shape index (κ2) is 7.48. The molecule has 29 heavy (non-hydrogen) atoms. The summed E-state index contributed by atoms with van der Waals surface area (Å²) < 4.78 is 28.0. The molecule has 10 nitrogen and oxygen atoms in total. The van der Waals surface area contributed by atoms with Gasteiger partial charge in [-0.1, -0.05) is 0 Å². The zero-order valence-corrected chi connectivity index (χ0v) is 17.2. The fourth-order valence-corrected chi connectivity index (χ4v) is 3.40. The summed E-state index contributed by atoms with van der Waals surface area (Å²) in [6, 6.07) is 5.47. The number of H-pyrrole nitrogens is 1. The Morgan fingerprint density at radius 1 is 1.24 bits per heavy atom. The molecule has 156 valence electrons. The molecule has 1 aliphatic heterocycles. The normalized spacial score (nSPS) is 14.3. The Balaban J connectivity index is 1.74. The molecule has 0 saturated carbocycles. The molecule has 11 heteroatoms. The van der Waals surface area contributed by atoms with Crippen molar-refractivity contribution in [3.8, 4) is 0 Å². The molecular formula is C18H23N5O5S. The van der Waals surface area contributed by atoms with Crippen LogP contribution in [0.25, 0.3) is 0 Å². The Bertz CT molecular complexity index is 1040. The average molecular weight is 421 g/mol. The lowest BCUT2D eigenvalue weighted by Gasteiger charge is -2.30. The van der Waals surface area contributed by atoms with E-state index < -0.39 is 27.6 Å². The summed E-state index contributed by atoms with van der Waals surface area (Å²) in [6.45, 7) is 6.03. The van der Waals surface area contributed by atoms with Crippen molar-refractivity contribution in [3.63, 3.8) is 0 Å². The predicted octanol–water partition coefficient (Wildman–Crippen LogP) is 1.60. The number of primary sulfonamides is 1. The number of carbonyl (C=O) groups is 2. The van der Waals surface area contributed by atoms with Crippen LogP contribution in [-0.4, -0.2) is 47.7 Å². The number of aromatic nitrogens is 2. The highest BCUT2D eigenvalue weighted by Gasteiger charge is 2.30. The van der Waals surface area contributed by atoms with Gasteiger partial charge in [-0.15, -0.1) is 0 Å². The van der Waals surface area contributed by atoms with Crippen LogP contribution in [0.15, 0.2) is 29.2 Å². The summed E-state index contributed by atoms with van der Waals surface area (Å²) >= 11 is 0. The van der Waals surface area contributed by atoms with Crippen molar-refractivity contribution < 1.29 is 22.7 Å². The third-order valence-electron chi connectivity index (χ3n) is 4.24. The van der Waals surface area contributed by atoms with Crippen LogP contribution in [0.3, 0.4) is 0 Å². The van der Waals surface area contributed by atoms with E-state index in [1.54, 1.807) is 20.8 Å². The van der Waals surface area contributed by atoms with Crippen LogP contribution in [-0.2, 0) is 27.7 Å². The number of nitrogens with one attached hydrogen (secondary N) is 2. The van der Waals surface area contributed by atoms with Gasteiger partial charge in [-0.3, -0.25) is 9.89 Å². The molecule has 0 bridgehead atoms. The standard InChI is InChI=1S/C18H23N5O5S/c1-18(2,3)28-17(25)23-9-8-14-13(10-23)15(22-21-14)16(24)20-11-4-6-12(7-5-11)29(19,26)27/h4-7H,8-10H2,1-3H3,(H,20,24)(H,21,22)(H2,19,26,27). The minimum atomic E-state index is -3.81. The zero-order chi connectivity index (χ0) is 21.4. The maximum atomic E-state index is 12.7. The first-order chi connectivity index (χ1) is 13.4. The Morgan fingerprint density at radius 3 is 2.48 bits per heavy atom. The highest BCUT2D eigenvalue weighted by atomic mass is 32.2. The molecule has 4 N–H and O–H groups in total. The Morgan fingerprint density at radius 2 is 1.90 bits per heavy atom. The van der Waals surface area contributed by atoms with Gasteiger partial charge in [0.2, 0.25) is 10.0 Å². The average Bonchev–Trinajstić information content (AvgIpc) is 3.03. The third kappa shape index (κ3) is 4.93. The minimum Gasteiger partial charge on any atom is -0.444 e. The zero-order valence-electron chi connectivity index (χ0n) is 16.4. The van der Waals surface area contributed by atoms with Crippen LogP contribution in [0.5, 0.6) is 0 Å². The van der Waals surface area contributed by atoms with Crippen molar-refractivity contribution in [3.05, 3.63) is 41.2 Å². The van der Waals surface area contributed by atoms with Crippen molar-refractivity contribution in [2.24, 2.45) is 5.14 Å². The molecule has 0 aliphatic carbocycles. The lowest BCUT2D eigenvalue weighted by Crippen LogP contribution is -2.40. The van der Waals surface area contributed by atoms with Gasteiger partial charge in [0, 0.05) is 29.9 Å². The van der Waals surface area contributed by atoms with Gasteiger partial charge >= 0.3 is 6.09 Å². The molecule has 0 fully saturated rings. The first-order valence-electron chi connectivity index (χ1n) is 8.92. The summed E-state index contributed by atoms with van der Waals surface area (Å²) in [5, 5.41) is 14.7. The first kappa shape index (κ1) is 20.8. The minimum absolute atomic E-state index is 0.0550. The van der Waals surface area contributed by atoms with Crippen molar-refractivity contribution >= 4 is 27.7 Å². The number of ether oxygens (including phenoxy) is 1. The van der Waals surface area contributed by atoms with Crippen LogP contribution in [0.4, 0.5) is 10.5 Å². The van der Waals surface area contributed by atoms with Crippen molar-refractivity contribution in [1.29, 1.82) is 0 Å². The van der Waals surface area contributed by atoms with E-state index in [1.165, 1.54) is 29.2 Å². The second-order valence-electron chi connectivity index (χ2n) is 7.70. The monoisotopic (exact) mass is 421 g/mol. The van der Waals surface area contributed by atoms with E-state index in [0.29, 0.717) is 24.2 Å². The summed E-state index contributed by atoms with van der Waals surface area (Å²) in [5.41, 5.74) is 1.36. The van der Waals surface area contributed by atoms with E-state index in [-0.39, 0.29) is 17.1 Å². The molecule has 0 atom stereocenters. The number of hydrogen-bond acceptors (Lipinski definition) is 6. The number of hydrogen-bond donors (Lipinski definition) is 3. The molecule has 2 heterocycles. The number of anilines is 1. The van der Waals surface area contributed by atoms with Gasteiger partial charge < -0.3 is 15.0 Å². The van der Waals surface area contributed by atoms with Crippen LogP contribution >= 0.6 is 0 Å². The Kier molecular flexibility index (Phi) is 5.37. The molecule has 0 radical (unpaired) electrons. The van der Waals surface area contributed by atoms with Gasteiger partial charge in [0.25, 0.3) is 5.91 Å². The van der Waals surface area contributed by atoms with Crippen LogP contribution in [0, 0.1) is 0 Å². The number of nitrogens with zero attached hydrogens (tertiary/aromatic N) is 2. The fraction of sp³-hybridized carbons (Fsp3) is 0.389. The second-order valence-corrected chi connectivity index (χ2v) is 9.27. The molecular weight excluding hydrogens is 398 g/mol. The molecule has 1 aromatic carbocycles.